The summed E-state index contributed by atoms with van der Waals surface area (Å²) in [6.45, 7) is 4.47. The molecule has 0 unspecified atom stereocenters. The molecule has 0 bridgehead atoms. The van der Waals surface area contributed by atoms with Crippen LogP contribution in [0.2, 0.25) is 0 Å². The van der Waals surface area contributed by atoms with Crippen molar-refractivity contribution in [2.45, 2.75) is 64.0 Å². The molecule has 1 saturated heterocycles. The Kier molecular flexibility index (Phi) is 5.88. The van der Waals surface area contributed by atoms with Crippen molar-refractivity contribution >= 4 is 5.91 Å². The Labute approximate surface area is 144 Å². The maximum absolute atomic E-state index is 13.0. The monoisotopic (exact) mass is 332 g/mol. The van der Waals surface area contributed by atoms with E-state index in [1.807, 2.05) is 12.1 Å². The summed E-state index contributed by atoms with van der Waals surface area (Å²) in [4.78, 5) is 14.3. The number of nitrogens with zero attached hydrogens (tertiary/aromatic N) is 1. The van der Waals surface area contributed by atoms with Gasteiger partial charge in [-0.1, -0.05) is 12.1 Å². The van der Waals surface area contributed by atoms with Gasteiger partial charge in [-0.15, -0.1) is 0 Å². The van der Waals surface area contributed by atoms with Crippen molar-refractivity contribution < 1.29 is 9.18 Å². The average Bonchev–Trinajstić information content (AvgIpc) is 3.39. The van der Waals surface area contributed by atoms with E-state index in [1.54, 1.807) is 12.1 Å². The molecule has 0 spiro atoms. The zero-order chi connectivity index (χ0) is 16.9. The first kappa shape index (κ1) is 17.4. The lowest BCUT2D eigenvalue weighted by atomic mass is 9.91. The lowest BCUT2D eigenvalue weighted by Crippen LogP contribution is -2.41. The molecule has 132 valence electrons. The third kappa shape index (κ3) is 5.30. The Bertz CT molecular complexity index is 533. The molecule has 1 aromatic carbocycles. The first-order valence-corrected chi connectivity index (χ1v) is 9.38. The number of likely N-dealkylation sites (tertiary alicyclic amines) is 1. The van der Waals surface area contributed by atoms with E-state index in [0.717, 1.165) is 38.8 Å². The van der Waals surface area contributed by atoms with Crippen LogP contribution < -0.4 is 5.32 Å². The van der Waals surface area contributed by atoms with E-state index in [1.165, 1.54) is 18.4 Å². The van der Waals surface area contributed by atoms with Gasteiger partial charge in [-0.3, -0.25) is 4.79 Å². The molecule has 1 amide bonds. The van der Waals surface area contributed by atoms with E-state index in [4.69, 9.17) is 0 Å². The molecule has 1 aromatic rings. The number of hydrogen-bond acceptors (Lipinski definition) is 2. The first-order chi connectivity index (χ1) is 11.6. The largest absolute Gasteiger partial charge is 0.353 e. The smallest absolute Gasteiger partial charge is 0.220 e. The molecule has 0 aromatic heterocycles. The second-order valence-corrected chi connectivity index (χ2v) is 7.54. The van der Waals surface area contributed by atoms with E-state index in [2.05, 4.69) is 17.1 Å². The molecule has 1 heterocycles. The van der Waals surface area contributed by atoms with Crippen molar-refractivity contribution in [3.05, 3.63) is 35.6 Å². The Morgan fingerprint density at radius 3 is 2.50 bits per heavy atom. The number of carbonyl (C=O) groups excluding carboxylic acids is 1. The average molecular weight is 332 g/mol. The number of piperidine rings is 1. The molecule has 1 aliphatic carbocycles. The van der Waals surface area contributed by atoms with Gasteiger partial charge in [-0.05, 0) is 82.2 Å². The summed E-state index contributed by atoms with van der Waals surface area (Å²) in [5.41, 5.74) is 1.20. The van der Waals surface area contributed by atoms with Crippen LogP contribution in [0.3, 0.4) is 0 Å². The zero-order valence-electron chi connectivity index (χ0n) is 14.6. The van der Waals surface area contributed by atoms with E-state index in [0.29, 0.717) is 24.4 Å². The van der Waals surface area contributed by atoms with Gasteiger partial charge in [-0.25, -0.2) is 4.39 Å². The van der Waals surface area contributed by atoms with Gasteiger partial charge in [0.1, 0.15) is 5.82 Å². The molecule has 1 atom stereocenters. The molecule has 3 rings (SSSR count). The lowest BCUT2D eigenvalue weighted by molar-refractivity contribution is -0.121. The van der Waals surface area contributed by atoms with E-state index in [9.17, 15) is 9.18 Å². The fourth-order valence-electron chi connectivity index (χ4n) is 3.64. The number of amides is 1. The number of carbonyl (C=O) groups is 1. The van der Waals surface area contributed by atoms with Gasteiger partial charge >= 0.3 is 0 Å². The third-order valence-corrected chi connectivity index (χ3v) is 5.44. The van der Waals surface area contributed by atoms with Crippen LogP contribution in [-0.4, -0.2) is 36.0 Å². The summed E-state index contributed by atoms with van der Waals surface area (Å²) in [7, 11) is 0. The van der Waals surface area contributed by atoms with Crippen LogP contribution in [0.1, 0.15) is 51.0 Å². The molecular weight excluding hydrogens is 303 g/mol. The number of halogens is 1. The maximum atomic E-state index is 13.0. The second-order valence-electron chi connectivity index (χ2n) is 7.54. The summed E-state index contributed by atoms with van der Waals surface area (Å²) in [6, 6.07) is 7.82. The van der Waals surface area contributed by atoms with Gasteiger partial charge in [0.05, 0.1) is 0 Å². The Hall–Kier alpha value is -1.42. The lowest BCUT2D eigenvalue weighted by Gasteiger charge is -2.36. The van der Waals surface area contributed by atoms with Crippen LogP contribution in [-0.2, 0) is 11.2 Å². The van der Waals surface area contributed by atoms with Gasteiger partial charge in [0.2, 0.25) is 5.91 Å². The topological polar surface area (TPSA) is 32.3 Å². The van der Waals surface area contributed by atoms with Crippen molar-refractivity contribution in [1.82, 2.24) is 10.2 Å². The molecule has 1 N–H and O–H groups in total. The Morgan fingerprint density at radius 2 is 1.88 bits per heavy atom. The number of hydrogen-bond donors (Lipinski definition) is 1. The highest BCUT2D eigenvalue weighted by molar-refractivity contribution is 5.76. The van der Waals surface area contributed by atoms with Gasteiger partial charge in [0.25, 0.3) is 0 Å². The number of rotatable bonds is 7. The van der Waals surface area contributed by atoms with E-state index in [-0.39, 0.29) is 11.7 Å². The van der Waals surface area contributed by atoms with Crippen LogP contribution in [0.5, 0.6) is 0 Å². The SMILES string of the molecule is C[C@@H](Cc1ccc(F)cc1)N1CCC(CCC(=O)NC2CC2)CC1. The quantitative estimate of drug-likeness (QED) is 0.828. The van der Waals surface area contributed by atoms with Crippen LogP contribution in [0.25, 0.3) is 0 Å². The van der Waals surface area contributed by atoms with Crippen LogP contribution in [0, 0.1) is 11.7 Å². The molecule has 4 heteroatoms. The highest BCUT2D eigenvalue weighted by Gasteiger charge is 2.25. The summed E-state index contributed by atoms with van der Waals surface area (Å²) in [5, 5.41) is 3.08. The van der Waals surface area contributed by atoms with Crippen molar-refractivity contribution in [2.24, 2.45) is 5.92 Å². The van der Waals surface area contributed by atoms with Gasteiger partial charge in [0.15, 0.2) is 0 Å². The molecule has 0 radical (unpaired) electrons. The molecular formula is C20H29FN2O. The molecule has 2 fully saturated rings. The molecule has 1 aliphatic heterocycles. The second kappa shape index (κ2) is 8.11. The summed E-state index contributed by atoms with van der Waals surface area (Å²) < 4.78 is 13.0. The van der Waals surface area contributed by atoms with Crippen molar-refractivity contribution in [2.75, 3.05) is 13.1 Å². The minimum Gasteiger partial charge on any atom is -0.353 e. The predicted octanol–water partition coefficient (Wildman–Crippen LogP) is 3.53. The van der Waals surface area contributed by atoms with Gasteiger partial charge in [-0.2, -0.15) is 0 Å². The normalized spacial score (nSPS) is 20.8. The molecule has 2 aliphatic rings. The van der Waals surface area contributed by atoms with E-state index >= 15 is 0 Å². The molecule has 24 heavy (non-hydrogen) atoms. The van der Waals surface area contributed by atoms with Crippen molar-refractivity contribution in [1.29, 1.82) is 0 Å². The van der Waals surface area contributed by atoms with Crippen LogP contribution in [0.4, 0.5) is 4.39 Å². The Morgan fingerprint density at radius 1 is 1.21 bits per heavy atom. The van der Waals surface area contributed by atoms with Crippen molar-refractivity contribution in [3.8, 4) is 0 Å². The van der Waals surface area contributed by atoms with Gasteiger partial charge in [0, 0.05) is 18.5 Å². The number of benzene rings is 1. The fraction of sp³-hybridized carbons (Fsp3) is 0.650. The van der Waals surface area contributed by atoms with Crippen LogP contribution in [0.15, 0.2) is 24.3 Å². The fourth-order valence-corrected chi connectivity index (χ4v) is 3.64. The standard InChI is InChI=1S/C20H29FN2O/c1-15(14-17-2-5-18(21)6-3-17)23-12-10-16(11-13-23)4-9-20(24)22-19-7-8-19/h2-3,5-6,15-16,19H,4,7-14H2,1H3,(H,22,24)/t15-/m0/s1. The molecule has 3 nitrogen and oxygen atoms in total. The minimum absolute atomic E-state index is 0.169. The molecule has 1 saturated carbocycles. The van der Waals surface area contributed by atoms with Gasteiger partial charge < -0.3 is 10.2 Å². The third-order valence-electron chi connectivity index (χ3n) is 5.44. The summed E-state index contributed by atoms with van der Waals surface area (Å²) in [5.74, 6) is 0.756. The first-order valence-electron chi connectivity index (χ1n) is 9.38. The minimum atomic E-state index is -0.169. The highest BCUT2D eigenvalue weighted by atomic mass is 19.1. The summed E-state index contributed by atoms with van der Waals surface area (Å²) >= 11 is 0. The predicted molar refractivity (Wildman–Crippen MR) is 94.3 cm³/mol. The van der Waals surface area contributed by atoms with E-state index < -0.39 is 0 Å². The highest BCUT2D eigenvalue weighted by Crippen LogP contribution is 2.25. The zero-order valence-corrected chi connectivity index (χ0v) is 14.6. The Balaban J connectivity index is 1.36. The van der Waals surface area contributed by atoms with Crippen molar-refractivity contribution in [3.63, 3.8) is 0 Å². The van der Waals surface area contributed by atoms with Crippen LogP contribution >= 0.6 is 0 Å². The maximum Gasteiger partial charge on any atom is 0.220 e. The summed E-state index contributed by atoms with van der Waals surface area (Å²) in [6.07, 6.45) is 7.38. The number of nitrogens with one attached hydrogen (secondary N) is 1.